The maximum Gasteiger partial charge on any atom is 0.338 e. The highest BCUT2D eigenvalue weighted by Gasteiger charge is 2.24. The number of hydrogen-bond acceptors (Lipinski definition) is 3. The van der Waals surface area contributed by atoms with Gasteiger partial charge in [0.1, 0.15) is 6.07 Å². The van der Waals surface area contributed by atoms with Gasteiger partial charge in [0.05, 0.1) is 23.8 Å². The van der Waals surface area contributed by atoms with Gasteiger partial charge in [-0.1, -0.05) is 0 Å². The molecule has 0 unspecified atom stereocenters. The SMILES string of the molecule is COC(=O)c1ccc(Br)c(C#N)c1C(F)F. The van der Waals surface area contributed by atoms with Crippen molar-refractivity contribution in [2.75, 3.05) is 7.11 Å². The third kappa shape index (κ3) is 2.19. The van der Waals surface area contributed by atoms with Gasteiger partial charge < -0.3 is 4.74 Å². The average molecular weight is 290 g/mol. The molecule has 0 saturated heterocycles. The van der Waals surface area contributed by atoms with E-state index in [1.54, 1.807) is 6.07 Å². The summed E-state index contributed by atoms with van der Waals surface area (Å²) in [5.41, 5.74) is -1.15. The molecular formula is C10H6BrF2NO2. The first-order valence-electron chi connectivity index (χ1n) is 4.11. The Morgan fingerprint density at radius 1 is 1.56 bits per heavy atom. The Hall–Kier alpha value is -1.48. The van der Waals surface area contributed by atoms with E-state index >= 15 is 0 Å². The van der Waals surface area contributed by atoms with E-state index in [0.717, 1.165) is 7.11 Å². The summed E-state index contributed by atoms with van der Waals surface area (Å²) in [4.78, 5) is 11.2. The standard InChI is InChI=1S/C10H6BrF2NO2/c1-16-10(15)5-2-3-7(11)6(4-14)8(5)9(12)13/h2-3,9H,1H3. The third-order valence-corrected chi connectivity index (χ3v) is 2.59. The molecule has 0 radical (unpaired) electrons. The quantitative estimate of drug-likeness (QED) is 0.786. The van der Waals surface area contributed by atoms with Crippen molar-refractivity contribution in [3.05, 3.63) is 33.3 Å². The highest BCUT2D eigenvalue weighted by molar-refractivity contribution is 9.10. The van der Waals surface area contributed by atoms with Crippen LogP contribution in [0.3, 0.4) is 0 Å². The molecule has 0 amide bonds. The first-order valence-corrected chi connectivity index (χ1v) is 4.91. The first-order chi connectivity index (χ1) is 7.52. The van der Waals surface area contributed by atoms with Crippen LogP contribution in [0.2, 0.25) is 0 Å². The topological polar surface area (TPSA) is 50.1 Å². The number of carbonyl (C=O) groups excluding carboxylic acids is 1. The fourth-order valence-corrected chi connectivity index (χ4v) is 1.66. The van der Waals surface area contributed by atoms with Gasteiger partial charge in [0.2, 0.25) is 0 Å². The second kappa shape index (κ2) is 5.03. The molecule has 0 aliphatic rings. The van der Waals surface area contributed by atoms with E-state index in [1.165, 1.54) is 12.1 Å². The first kappa shape index (κ1) is 12.6. The molecule has 6 heteroatoms. The van der Waals surface area contributed by atoms with Crippen molar-refractivity contribution in [2.45, 2.75) is 6.43 Å². The second-order valence-electron chi connectivity index (χ2n) is 2.79. The van der Waals surface area contributed by atoms with Crippen molar-refractivity contribution in [2.24, 2.45) is 0 Å². The van der Waals surface area contributed by atoms with Gasteiger partial charge in [0.15, 0.2) is 0 Å². The van der Waals surface area contributed by atoms with E-state index in [1.807, 2.05) is 0 Å². The summed E-state index contributed by atoms with van der Waals surface area (Å²) in [5.74, 6) is -0.890. The lowest BCUT2D eigenvalue weighted by Crippen LogP contribution is -2.08. The fraction of sp³-hybridized carbons (Fsp3) is 0.200. The third-order valence-electron chi connectivity index (χ3n) is 1.93. The lowest BCUT2D eigenvalue weighted by atomic mass is 10.0. The number of nitriles is 1. The number of hydrogen-bond donors (Lipinski definition) is 0. The minimum absolute atomic E-state index is 0.220. The Balaban J connectivity index is 3.53. The molecule has 1 aromatic rings. The van der Waals surface area contributed by atoms with Crippen molar-refractivity contribution in [3.8, 4) is 6.07 Å². The zero-order valence-corrected chi connectivity index (χ0v) is 9.72. The summed E-state index contributed by atoms with van der Waals surface area (Å²) >= 11 is 2.97. The number of rotatable bonds is 2. The zero-order valence-electron chi connectivity index (χ0n) is 8.13. The van der Waals surface area contributed by atoms with Gasteiger partial charge in [-0.25, -0.2) is 13.6 Å². The maximum absolute atomic E-state index is 12.8. The smallest absolute Gasteiger partial charge is 0.338 e. The van der Waals surface area contributed by atoms with E-state index in [-0.39, 0.29) is 15.6 Å². The zero-order chi connectivity index (χ0) is 12.3. The molecule has 0 aliphatic heterocycles. The van der Waals surface area contributed by atoms with Crippen LogP contribution < -0.4 is 0 Å². The Bertz CT molecular complexity index is 469. The van der Waals surface area contributed by atoms with Crippen LogP contribution >= 0.6 is 15.9 Å². The fourth-order valence-electron chi connectivity index (χ4n) is 1.22. The van der Waals surface area contributed by atoms with Crippen molar-refractivity contribution in [1.29, 1.82) is 5.26 Å². The van der Waals surface area contributed by atoms with Crippen molar-refractivity contribution in [3.63, 3.8) is 0 Å². The summed E-state index contributed by atoms with van der Waals surface area (Å²) in [5, 5.41) is 8.76. The Morgan fingerprint density at radius 2 is 2.19 bits per heavy atom. The molecule has 3 nitrogen and oxygen atoms in total. The molecule has 1 aromatic carbocycles. The van der Waals surface area contributed by atoms with E-state index in [0.29, 0.717) is 0 Å². The van der Waals surface area contributed by atoms with E-state index < -0.39 is 18.0 Å². The lowest BCUT2D eigenvalue weighted by Gasteiger charge is -2.09. The van der Waals surface area contributed by atoms with Gasteiger partial charge in [0, 0.05) is 4.47 Å². The van der Waals surface area contributed by atoms with Gasteiger partial charge in [-0.2, -0.15) is 5.26 Å². The van der Waals surface area contributed by atoms with Crippen LogP contribution in [0.1, 0.15) is 27.9 Å². The molecule has 0 atom stereocenters. The molecule has 0 aromatic heterocycles. The number of methoxy groups -OCH3 is 1. The molecule has 0 saturated carbocycles. The van der Waals surface area contributed by atoms with Crippen molar-refractivity contribution >= 4 is 21.9 Å². The highest BCUT2D eigenvalue weighted by atomic mass is 79.9. The van der Waals surface area contributed by atoms with E-state index in [4.69, 9.17) is 5.26 Å². The van der Waals surface area contributed by atoms with E-state index in [9.17, 15) is 13.6 Å². The number of benzene rings is 1. The monoisotopic (exact) mass is 289 g/mol. The Labute approximate surface area is 98.8 Å². The minimum Gasteiger partial charge on any atom is -0.465 e. The molecule has 0 heterocycles. The summed E-state index contributed by atoms with van der Waals surface area (Å²) < 4.78 is 30.1. The second-order valence-corrected chi connectivity index (χ2v) is 3.64. The Morgan fingerprint density at radius 3 is 2.62 bits per heavy atom. The van der Waals surface area contributed by atoms with Crippen LogP contribution in [0.4, 0.5) is 8.78 Å². The molecule has 1 rings (SSSR count). The van der Waals surface area contributed by atoms with Gasteiger partial charge >= 0.3 is 5.97 Å². The highest BCUT2D eigenvalue weighted by Crippen LogP contribution is 2.31. The van der Waals surface area contributed by atoms with Crippen molar-refractivity contribution < 1.29 is 18.3 Å². The maximum atomic E-state index is 12.8. The molecule has 0 aliphatic carbocycles. The molecule has 16 heavy (non-hydrogen) atoms. The van der Waals surface area contributed by atoms with Crippen LogP contribution in [-0.2, 0) is 4.74 Å². The summed E-state index contributed by atoms with van der Waals surface area (Å²) in [6, 6.07) is 4.18. The van der Waals surface area contributed by atoms with Gasteiger partial charge in [-0.15, -0.1) is 0 Å². The lowest BCUT2D eigenvalue weighted by molar-refractivity contribution is 0.0589. The molecule has 0 bridgehead atoms. The van der Waals surface area contributed by atoms with Crippen LogP contribution in [0.15, 0.2) is 16.6 Å². The molecule has 84 valence electrons. The summed E-state index contributed by atoms with van der Waals surface area (Å²) in [6.07, 6.45) is -2.92. The predicted molar refractivity (Wildman–Crippen MR) is 55.2 cm³/mol. The number of esters is 1. The molecular weight excluding hydrogens is 284 g/mol. The number of ether oxygens (including phenoxy) is 1. The summed E-state index contributed by atoms with van der Waals surface area (Å²) in [7, 11) is 1.09. The molecule has 0 spiro atoms. The minimum atomic E-state index is -2.92. The number of alkyl halides is 2. The molecule has 0 fully saturated rings. The molecule has 0 N–H and O–H groups in total. The van der Waals surface area contributed by atoms with Crippen molar-refractivity contribution in [1.82, 2.24) is 0 Å². The normalized spacial score (nSPS) is 10.0. The average Bonchev–Trinajstić information content (AvgIpc) is 2.27. The van der Waals surface area contributed by atoms with Gasteiger partial charge in [-0.3, -0.25) is 0 Å². The predicted octanol–water partition coefficient (Wildman–Crippen LogP) is 3.04. The van der Waals surface area contributed by atoms with Crippen LogP contribution in [0.25, 0.3) is 0 Å². The summed E-state index contributed by atoms with van der Waals surface area (Å²) in [6.45, 7) is 0. The van der Waals surface area contributed by atoms with E-state index in [2.05, 4.69) is 20.7 Å². The van der Waals surface area contributed by atoms with Crippen LogP contribution in [0, 0.1) is 11.3 Å². The van der Waals surface area contributed by atoms with Gasteiger partial charge in [-0.05, 0) is 28.1 Å². The largest absolute Gasteiger partial charge is 0.465 e. The number of carbonyl (C=O) groups is 1. The number of halogens is 3. The van der Waals surface area contributed by atoms with Crippen LogP contribution in [0.5, 0.6) is 0 Å². The van der Waals surface area contributed by atoms with Crippen LogP contribution in [-0.4, -0.2) is 13.1 Å². The van der Waals surface area contributed by atoms with Gasteiger partial charge in [0.25, 0.3) is 6.43 Å². The Kier molecular flexibility index (Phi) is 3.96. The number of nitrogens with zero attached hydrogens (tertiary/aromatic N) is 1.